The van der Waals surface area contributed by atoms with Gasteiger partial charge in [0.1, 0.15) is 17.7 Å². The van der Waals surface area contributed by atoms with E-state index in [2.05, 4.69) is 51.4 Å². The third-order valence-corrected chi connectivity index (χ3v) is 5.25. The summed E-state index contributed by atoms with van der Waals surface area (Å²) in [5.74, 6) is 0. The van der Waals surface area contributed by atoms with Crippen LogP contribution in [0.25, 0.3) is 42.5 Å². The predicted molar refractivity (Wildman–Crippen MR) is 95.7 cm³/mol. The lowest BCUT2D eigenvalue weighted by atomic mass is 10.1. The van der Waals surface area contributed by atoms with E-state index in [0.717, 1.165) is 22.3 Å². The molecule has 0 saturated carbocycles. The van der Waals surface area contributed by atoms with Crippen molar-refractivity contribution >= 4 is 42.4 Å². The van der Waals surface area contributed by atoms with Crippen molar-refractivity contribution in [3.05, 3.63) is 67.1 Å². The minimum atomic E-state index is 0.896. The summed E-state index contributed by atoms with van der Waals surface area (Å²) in [5, 5.41) is 3.54. The van der Waals surface area contributed by atoms with Crippen LogP contribution < -0.4 is 0 Å². The van der Waals surface area contributed by atoms with Gasteiger partial charge in [-0.1, -0.05) is 36.4 Å². The van der Waals surface area contributed by atoms with Gasteiger partial charge in [0.15, 0.2) is 0 Å². The summed E-state index contributed by atoms with van der Waals surface area (Å²) in [6, 6.07) is 18.6. The van der Waals surface area contributed by atoms with Gasteiger partial charge in [-0.2, -0.15) is 0 Å². The van der Waals surface area contributed by atoms with E-state index < -0.39 is 0 Å². The van der Waals surface area contributed by atoms with Crippen molar-refractivity contribution in [3.8, 4) is 11.4 Å². The molecule has 0 aliphatic carbocycles. The van der Waals surface area contributed by atoms with Gasteiger partial charge in [0, 0.05) is 27.1 Å². The highest BCUT2D eigenvalue weighted by molar-refractivity contribution is 7.26. The number of hydrogen-bond acceptors (Lipinski definition) is 4. The number of aromatic nitrogens is 3. The van der Waals surface area contributed by atoms with Gasteiger partial charge in [-0.3, -0.25) is 4.98 Å². The smallest absolute Gasteiger partial charge is 0.116 e. The number of hydrogen-bond donors (Lipinski definition) is 0. The lowest BCUT2D eigenvalue weighted by molar-refractivity contribution is 1.21. The molecule has 108 valence electrons. The molecule has 3 aromatic heterocycles. The van der Waals surface area contributed by atoms with E-state index >= 15 is 0 Å². The van der Waals surface area contributed by atoms with Crippen molar-refractivity contribution in [1.29, 1.82) is 0 Å². The zero-order chi connectivity index (χ0) is 15.2. The van der Waals surface area contributed by atoms with E-state index in [1.807, 2.05) is 24.4 Å². The average Bonchev–Trinajstić information content (AvgIpc) is 3.00. The Hall–Kier alpha value is -2.85. The fourth-order valence-electron chi connectivity index (χ4n) is 3.01. The highest BCUT2D eigenvalue weighted by atomic mass is 32.1. The van der Waals surface area contributed by atoms with Crippen LogP contribution in [0.4, 0.5) is 0 Å². The Morgan fingerprint density at radius 3 is 2.43 bits per heavy atom. The Bertz CT molecular complexity index is 1170. The standard InChI is InChI=1S/C19H11N3S/c1-3-7-15-14(6-1)17(22-11-21-15)18-19-13(9-10-20-18)12-5-2-4-8-16(12)23-19/h1-11H. The third-order valence-electron chi connectivity index (χ3n) is 4.06. The summed E-state index contributed by atoms with van der Waals surface area (Å²) in [4.78, 5) is 13.5. The first-order valence-electron chi connectivity index (χ1n) is 7.38. The van der Waals surface area contributed by atoms with Gasteiger partial charge in [0.05, 0.1) is 10.2 Å². The van der Waals surface area contributed by atoms with Crippen LogP contribution in [0.5, 0.6) is 0 Å². The molecule has 0 amide bonds. The maximum atomic E-state index is 4.64. The number of nitrogens with zero attached hydrogens (tertiary/aromatic N) is 3. The molecule has 0 aliphatic rings. The van der Waals surface area contributed by atoms with Gasteiger partial charge in [-0.25, -0.2) is 9.97 Å². The average molecular weight is 313 g/mol. The van der Waals surface area contributed by atoms with Crippen LogP contribution in [0.3, 0.4) is 0 Å². The first-order valence-corrected chi connectivity index (χ1v) is 8.20. The molecular formula is C19H11N3S. The molecule has 2 aromatic carbocycles. The minimum Gasteiger partial charge on any atom is -0.253 e. The molecule has 23 heavy (non-hydrogen) atoms. The minimum absolute atomic E-state index is 0.896. The maximum absolute atomic E-state index is 4.64. The first-order chi connectivity index (χ1) is 11.4. The van der Waals surface area contributed by atoms with E-state index in [4.69, 9.17) is 0 Å². The normalized spacial score (nSPS) is 11.5. The summed E-state index contributed by atoms with van der Waals surface area (Å²) < 4.78 is 2.45. The summed E-state index contributed by atoms with van der Waals surface area (Å²) >= 11 is 1.77. The Morgan fingerprint density at radius 1 is 0.652 bits per heavy atom. The summed E-state index contributed by atoms with van der Waals surface area (Å²) in [7, 11) is 0. The van der Waals surface area contributed by atoms with Gasteiger partial charge < -0.3 is 0 Å². The van der Waals surface area contributed by atoms with Crippen molar-refractivity contribution in [2.24, 2.45) is 0 Å². The van der Waals surface area contributed by atoms with Crippen LogP contribution in [0.2, 0.25) is 0 Å². The number of fused-ring (bicyclic) bond motifs is 4. The summed E-state index contributed by atoms with van der Waals surface area (Å²) in [6.45, 7) is 0. The Morgan fingerprint density at radius 2 is 1.48 bits per heavy atom. The SMILES string of the molecule is c1ccc2c(-c3nccc4c3sc3ccccc34)ncnc2c1. The van der Waals surface area contributed by atoms with Gasteiger partial charge in [0.2, 0.25) is 0 Å². The number of benzene rings is 2. The molecule has 4 heteroatoms. The second kappa shape index (κ2) is 4.83. The fourth-order valence-corrected chi connectivity index (χ4v) is 4.20. The van der Waals surface area contributed by atoms with Crippen molar-refractivity contribution < 1.29 is 0 Å². The van der Waals surface area contributed by atoms with E-state index in [9.17, 15) is 0 Å². The first kappa shape index (κ1) is 12.7. The highest BCUT2D eigenvalue weighted by Crippen LogP contribution is 2.39. The monoisotopic (exact) mass is 313 g/mol. The number of rotatable bonds is 1. The maximum Gasteiger partial charge on any atom is 0.116 e. The van der Waals surface area contributed by atoms with E-state index in [1.165, 1.54) is 20.2 Å². The molecule has 0 saturated heterocycles. The number of thiophene rings is 1. The van der Waals surface area contributed by atoms with Crippen LogP contribution >= 0.6 is 11.3 Å². The lowest BCUT2D eigenvalue weighted by Gasteiger charge is -2.05. The number of pyridine rings is 1. The van der Waals surface area contributed by atoms with Gasteiger partial charge >= 0.3 is 0 Å². The van der Waals surface area contributed by atoms with E-state index in [-0.39, 0.29) is 0 Å². The van der Waals surface area contributed by atoms with Crippen LogP contribution in [-0.4, -0.2) is 15.0 Å². The molecule has 0 atom stereocenters. The molecule has 0 N–H and O–H groups in total. The number of para-hydroxylation sites is 1. The van der Waals surface area contributed by atoms with E-state index in [1.54, 1.807) is 17.7 Å². The van der Waals surface area contributed by atoms with Crippen LogP contribution in [0.1, 0.15) is 0 Å². The van der Waals surface area contributed by atoms with Crippen molar-refractivity contribution in [1.82, 2.24) is 15.0 Å². The van der Waals surface area contributed by atoms with Gasteiger partial charge in [-0.05, 0) is 18.2 Å². The zero-order valence-corrected chi connectivity index (χ0v) is 12.9. The lowest BCUT2D eigenvalue weighted by Crippen LogP contribution is -1.91. The Labute approximate surface area is 136 Å². The molecule has 3 nitrogen and oxygen atoms in total. The Kier molecular flexibility index (Phi) is 2.66. The second-order valence-corrected chi connectivity index (χ2v) is 6.43. The molecule has 5 rings (SSSR count). The van der Waals surface area contributed by atoms with Crippen molar-refractivity contribution in [2.45, 2.75) is 0 Å². The topological polar surface area (TPSA) is 38.7 Å². The van der Waals surface area contributed by atoms with Gasteiger partial charge in [-0.15, -0.1) is 11.3 Å². The van der Waals surface area contributed by atoms with Gasteiger partial charge in [0.25, 0.3) is 0 Å². The van der Waals surface area contributed by atoms with Crippen molar-refractivity contribution in [3.63, 3.8) is 0 Å². The molecule has 0 spiro atoms. The van der Waals surface area contributed by atoms with Crippen LogP contribution in [-0.2, 0) is 0 Å². The highest BCUT2D eigenvalue weighted by Gasteiger charge is 2.14. The molecule has 3 heterocycles. The fraction of sp³-hybridized carbons (Fsp3) is 0. The molecule has 5 aromatic rings. The molecule has 0 bridgehead atoms. The third kappa shape index (κ3) is 1.85. The largest absolute Gasteiger partial charge is 0.253 e. The predicted octanol–water partition coefficient (Wildman–Crippen LogP) is 5.06. The quantitative estimate of drug-likeness (QED) is 0.434. The summed E-state index contributed by atoms with van der Waals surface area (Å²) in [5.41, 5.74) is 2.77. The van der Waals surface area contributed by atoms with Crippen LogP contribution in [0, 0.1) is 0 Å². The molecular weight excluding hydrogens is 302 g/mol. The Balaban J connectivity index is 1.93. The zero-order valence-electron chi connectivity index (χ0n) is 12.1. The van der Waals surface area contributed by atoms with Crippen LogP contribution in [0.15, 0.2) is 67.1 Å². The van der Waals surface area contributed by atoms with E-state index in [0.29, 0.717) is 0 Å². The summed E-state index contributed by atoms with van der Waals surface area (Å²) in [6.07, 6.45) is 3.49. The van der Waals surface area contributed by atoms with Crippen molar-refractivity contribution in [2.75, 3.05) is 0 Å². The molecule has 0 radical (unpaired) electrons. The molecule has 0 fully saturated rings. The second-order valence-electron chi connectivity index (χ2n) is 5.37. The molecule has 0 unspecified atom stereocenters. The molecule has 0 aliphatic heterocycles.